The van der Waals surface area contributed by atoms with Crippen LogP contribution in [0.3, 0.4) is 0 Å². The van der Waals surface area contributed by atoms with E-state index in [9.17, 15) is 14.4 Å². The van der Waals surface area contributed by atoms with Crippen LogP contribution in [0.25, 0.3) is 57.3 Å². The Bertz CT molecular complexity index is 2110. The van der Waals surface area contributed by atoms with Crippen LogP contribution in [-0.4, -0.2) is 51.2 Å². The number of carboxylic acid groups (broad SMARTS) is 1. The van der Waals surface area contributed by atoms with Gasteiger partial charge >= 0.3 is 11.9 Å². The van der Waals surface area contributed by atoms with Crippen molar-refractivity contribution in [1.82, 2.24) is 20.4 Å². The first-order chi connectivity index (χ1) is 28.8. The fraction of sp³-hybridized carbons (Fsp3) is 0.367. The highest BCUT2D eigenvalue weighted by atomic mass is 16.6. The van der Waals surface area contributed by atoms with Gasteiger partial charge in [-0.2, -0.15) is 0 Å². The normalized spacial score (nSPS) is 11.4. The summed E-state index contributed by atoms with van der Waals surface area (Å²) in [7, 11) is 0. The fourth-order valence-corrected chi connectivity index (χ4v) is 6.88. The van der Waals surface area contributed by atoms with Crippen molar-refractivity contribution in [2.45, 2.75) is 104 Å². The van der Waals surface area contributed by atoms with E-state index >= 15 is 0 Å². The number of nitrogens with one attached hydrogen (secondary N) is 2. The number of aromatic nitrogens is 3. The number of aromatic amines is 1. The average Bonchev–Trinajstić information content (AvgIpc) is 3.93. The summed E-state index contributed by atoms with van der Waals surface area (Å²) in [5.74, 6) is -0.995. The molecular formula is C49H58N4O6. The highest BCUT2D eigenvalue weighted by Crippen LogP contribution is 2.34. The molecule has 0 spiro atoms. The summed E-state index contributed by atoms with van der Waals surface area (Å²) in [5.41, 5.74) is 7.02. The van der Waals surface area contributed by atoms with Crippen molar-refractivity contribution in [2.75, 3.05) is 13.2 Å². The smallest absolute Gasteiger partial charge is 0.377 e. The Kier molecular flexibility index (Phi) is 17.9. The predicted octanol–water partition coefficient (Wildman–Crippen LogP) is 12.0. The molecule has 3 aromatic carbocycles. The van der Waals surface area contributed by atoms with E-state index in [1.54, 1.807) is 25.1 Å². The highest BCUT2D eigenvalue weighted by Gasteiger charge is 2.18. The Morgan fingerprint density at radius 1 is 0.678 bits per heavy atom. The second-order valence-electron chi connectivity index (χ2n) is 14.8. The quantitative estimate of drug-likeness (QED) is 0.0300. The fourth-order valence-electron chi connectivity index (χ4n) is 6.88. The number of benzene rings is 3. The molecule has 5 rings (SSSR count). The van der Waals surface area contributed by atoms with Crippen LogP contribution in [0.5, 0.6) is 0 Å². The molecule has 0 aliphatic carbocycles. The second-order valence-corrected chi connectivity index (χ2v) is 14.8. The van der Waals surface area contributed by atoms with E-state index in [4.69, 9.17) is 19.4 Å². The number of imidazole rings is 1. The number of H-pyrrole nitrogens is 1. The van der Waals surface area contributed by atoms with Gasteiger partial charge in [0.1, 0.15) is 11.5 Å². The van der Waals surface area contributed by atoms with Gasteiger partial charge in [0.05, 0.1) is 18.0 Å². The SMILES string of the molecule is CCCCCCCCCCCCCCCCNC(=O)C=Cc1ccc(-c2[nH]c(-c3ccc(-c4cc(C(=O)OCC)on4)cc3)nc2-c2ccc(C=CC(=O)O)cc2)cc1. The van der Waals surface area contributed by atoms with Crippen molar-refractivity contribution in [3.8, 4) is 45.2 Å². The number of ether oxygens (including phenoxy) is 1. The second kappa shape index (κ2) is 24.0. The van der Waals surface area contributed by atoms with Crippen molar-refractivity contribution in [3.05, 3.63) is 108 Å². The molecule has 310 valence electrons. The van der Waals surface area contributed by atoms with Gasteiger partial charge < -0.3 is 24.7 Å². The first-order valence-electron chi connectivity index (χ1n) is 21.3. The molecule has 0 atom stereocenters. The summed E-state index contributed by atoms with van der Waals surface area (Å²) in [4.78, 5) is 44.2. The molecular weight excluding hydrogens is 741 g/mol. The molecule has 5 aromatic rings. The van der Waals surface area contributed by atoms with E-state index < -0.39 is 11.9 Å². The topological polar surface area (TPSA) is 147 Å². The van der Waals surface area contributed by atoms with Crippen molar-refractivity contribution >= 4 is 30.0 Å². The largest absolute Gasteiger partial charge is 0.478 e. The third kappa shape index (κ3) is 14.4. The molecule has 0 aliphatic heterocycles. The van der Waals surface area contributed by atoms with Crippen LogP contribution in [0.4, 0.5) is 0 Å². The first-order valence-corrected chi connectivity index (χ1v) is 21.3. The minimum atomic E-state index is -1.01. The number of esters is 1. The van der Waals surface area contributed by atoms with Gasteiger partial charge in [-0.25, -0.2) is 14.6 Å². The molecule has 0 saturated heterocycles. The summed E-state index contributed by atoms with van der Waals surface area (Å²) in [6.45, 7) is 4.91. The third-order valence-electron chi connectivity index (χ3n) is 10.2. The van der Waals surface area contributed by atoms with Crippen LogP contribution in [0.1, 0.15) is 125 Å². The number of rotatable bonds is 25. The van der Waals surface area contributed by atoms with Gasteiger partial charge in [-0.05, 0) is 36.6 Å². The van der Waals surface area contributed by atoms with Crippen molar-refractivity contribution < 1.29 is 28.8 Å². The van der Waals surface area contributed by atoms with Crippen LogP contribution in [-0.2, 0) is 14.3 Å². The van der Waals surface area contributed by atoms with Crippen LogP contribution < -0.4 is 5.32 Å². The van der Waals surface area contributed by atoms with E-state index in [2.05, 4.69) is 22.4 Å². The van der Waals surface area contributed by atoms with Gasteiger partial charge in [-0.1, -0.05) is 168 Å². The molecule has 1 amide bonds. The maximum atomic E-state index is 12.6. The number of unbranched alkanes of at least 4 members (excludes halogenated alkanes) is 13. The Labute approximate surface area is 348 Å². The van der Waals surface area contributed by atoms with Crippen LogP contribution in [0.2, 0.25) is 0 Å². The number of hydrogen-bond donors (Lipinski definition) is 3. The summed E-state index contributed by atoms with van der Waals surface area (Å²) >= 11 is 0. The number of carbonyl (C=O) groups is 3. The number of nitrogens with zero attached hydrogens (tertiary/aromatic N) is 2. The first kappa shape index (κ1) is 44.1. The zero-order valence-electron chi connectivity index (χ0n) is 34.5. The van der Waals surface area contributed by atoms with Crippen molar-refractivity contribution in [2.24, 2.45) is 0 Å². The van der Waals surface area contributed by atoms with Crippen molar-refractivity contribution in [1.29, 1.82) is 0 Å². The number of carbonyl (C=O) groups excluding carboxylic acids is 2. The molecule has 59 heavy (non-hydrogen) atoms. The zero-order valence-corrected chi connectivity index (χ0v) is 34.5. The summed E-state index contributed by atoms with van der Waals surface area (Å²) in [6.07, 6.45) is 24.3. The van der Waals surface area contributed by atoms with Crippen molar-refractivity contribution in [3.63, 3.8) is 0 Å². The van der Waals surface area contributed by atoms with Crippen LogP contribution >= 0.6 is 0 Å². The Morgan fingerprint density at radius 3 is 1.78 bits per heavy atom. The molecule has 0 saturated carbocycles. The lowest BCUT2D eigenvalue weighted by Crippen LogP contribution is -2.21. The zero-order chi connectivity index (χ0) is 41.7. The summed E-state index contributed by atoms with van der Waals surface area (Å²) in [6, 6.07) is 24.6. The molecule has 0 bridgehead atoms. The lowest BCUT2D eigenvalue weighted by Gasteiger charge is -2.05. The van der Waals surface area contributed by atoms with E-state index in [0.717, 1.165) is 63.7 Å². The Hall–Kier alpha value is -6.03. The number of aliphatic carboxylic acids is 1. The summed E-state index contributed by atoms with van der Waals surface area (Å²) in [5, 5.41) is 16.1. The number of amides is 1. The van der Waals surface area contributed by atoms with Gasteiger partial charge in [-0.15, -0.1) is 0 Å². The van der Waals surface area contributed by atoms with E-state index in [0.29, 0.717) is 18.1 Å². The van der Waals surface area contributed by atoms with E-state index in [-0.39, 0.29) is 18.3 Å². The Morgan fingerprint density at radius 2 is 1.20 bits per heavy atom. The number of carboxylic acids is 1. The number of hydrogen-bond acceptors (Lipinski definition) is 7. The van der Waals surface area contributed by atoms with Gasteiger partial charge in [0.25, 0.3) is 0 Å². The molecule has 0 aliphatic rings. The van der Waals surface area contributed by atoms with Gasteiger partial charge in [0.15, 0.2) is 0 Å². The monoisotopic (exact) mass is 798 g/mol. The van der Waals surface area contributed by atoms with Gasteiger partial charge in [-0.3, -0.25) is 4.79 Å². The van der Waals surface area contributed by atoms with Crippen LogP contribution in [0.15, 0.2) is 95.5 Å². The lowest BCUT2D eigenvalue weighted by atomic mass is 10.0. The maximum absolute atomic E-state index is 12.6. The lowest BCUT2D eigenvalue weighted by molar-refractivity contribution is -0.131. The molecule has 2 heterocycles. The molecule has 3 N–H and O–H groups in total. The van der Waals surface area contributed by atoms with E-state index in [1.165, 1.54) is 77.0 Å². The Balaban J connectivity index is 1.16. The molecule has 10 nitrogen and oxygen atoms in total. The van der Waals surface area contributed by atoms with Crippen LogP contribution in [0, 0.1) is 0 Å². The summed E-state index contributed by atoms with van der Waals surface area (Å²) < 4.78 is 10.2. The molecule has 0 unspecified atom stereocenters. The third-order valence-corrected chi connectivity index (χ3v) is 10.2. The average molecular weight is 799 g/mol. The predicted molar refractivity (Wildman–Crippen MR) is 235 cm³/mol. The molecule has 2 aromatic heterocycles. The molecule has 10 heteroatoms. The van der Waals surface area contributed by atoms with E-state index in [1.807, 2.05) is 78.9 Å². The standard InChI is InChI=1S/C49H58N4O6/c1-3-5-6-7-8-9-10-11-12-13-14-15-16-17-34-50-44(54)32-22-36-18-24-39(25-19-36)46-47(40-26-20-37(21-27-40)23-33-45(55)56)52-48(51-46)41-30-28-38(29-31-41)42-35-43(59-53-42)49(57)58-4-2/h18-33,35H,3-17,34H2,1-2H3,(H,50,54)(H,51,52)(H,55,56). The highest BCUT2D eigenvalue weighted by molar-refractivity contribution is 5.92. The minimum Gasteiger partial charge on any atom is -0.478 e. The molecule has 0 fully saturated rings. The van der Waals surface area contributed by atoms with Gasteiger partial charge in [0, 0.05) is 47.0 Å². The van der Waals surface area contributed by atoms with Gasteiger partial charge in [0.2, 0.25) is 11.7 Å². The molecule has 0 radical (unpaired) electrons. The minimum absolute atomic E-state index is 0.0379. The maximum Gasteiger partial charge on any atom is 0.377 e.